The van der Waals surface area contributed by atoms with Crippen molar-refractivity contribution in [2.45, 2.75) is 18.8 Å². The highest BCUT2D eigenvalue weighted by atomic mass is 19.1. The molecule has 0 unspecified atom stereocenters. The van der Waals surface area contributed by atoms with Gasteiger partial charge in [0.05, 0.1) is 0 Å². The molecule has 3 aromatic carbocycles. The summed E-state index contributed by atoms with van der Waals surface area (Å²) in [6.07, 6.45) is 2.07. The van der Waals surface area contributed by atoms with Gasteiger partial charge in [-0.3, -0.25) is 4.90 Å². The maximum Gasteiger partial charge on any atom is 0.170 e. The first-order valence-electron chi connectivity index (χ1n) is 10.9. The van der Waals surface area contributed by atoms with Gasteiger partial charge in [-0.1, -0.05) is 17.3 Å². The van der Waals surface area contributed by atoms with E-state index in [-0.39, 0.29) is 11.6 Å². The van der Waals surface area contributed by atoms with Crippen LogP contribution in [0.1, 0.15) is 24.3 Å². The van der Waals surface area contributed by atoms with Crippen molar-refractivity contribution in [2.24, 2.45) is 0 Å². The number of halogens is 2. The molecular formula is C26H24F2N2O2. The molecule has 0 radical (unpaired) electrons. The second-order valence-electron chi connectivity index (χ2n) is 8.22. The van der Waals surface area contributed by atoms with E-state index < -0.39 is 0 Å². The Kier molecular flexibility index (Phi) is 5.86. The second-order valence-corrected chi connectivity index (χ2v) is 8.22. The highest BCUT2D eigenvalue weighted by Gasteiger charge is 2.20. The van der Waals surface area contributed by atoms with Crippen LogP contribution in [-0.2, 0) is 0 Å². The van der Waals surface area contributed by atoms with Gasteiger partial charge < -0.3 is 9.26 Å². The molecule has 5 rings (SSSR count). The lowest BCUT2D eigenvalue weighted by molar-refractivity contribution is 0.173. The highest BCUT2D eigenvalue weighted by Crippen LogP contribution is 2.30. The molecule has 2 heterocycles. The summed E-state index contributed by atoms with van der Waals surface area (Å²) in [6.45, 7) is 3.44. The zero-order valence-electron chi connectivity index (χ0n) is 17.6. The zero-order valence-corrected chi connectivity index (χ0v) is 17.6. The van der Waals surface area contributed by atoms with Crippen molar-refractivity contribution in [3.8, 4) is 17.0 Å². The minimum atomic E-state index is -0.345. The molecule has 0 atom stereocenters. The van der Waals surface area contributed by atoms with Crippen LogP contribution in [0.2, 0.25) is 0 Å². The van der Waals surface area contributed by atoms with E-state index in [1.807, 2.05) is 30.3 Å². The minimum absolute atomic E-state index is 0.157. The predicted molar refractivity (Wildman–Crippen MR) is 120 cm³/mol. The zero-order chi connectivity index (χ0) is 21.9. The smallest absolute Gasteiger partial charge is 0.170 e. The number of hydrogen-bond acceptors (Lipinski definition) is 4. The van der Waals surface area contributed by atoms with Crippen LogP contribution in [0.25, 0.3) is 22.2 Å². The van der Waals surface area contributed by atoms with Crippen LogP contribution in [0.5, 0.6) is 5.75 Å². The number of benzene rings is 3. The summed E-state index contributed by atoms with van der Waals surface area (Å²) in [5.41, 5.74) is 3.11. The number of nitrogens with zero attached hydrogens (tertiary/aromatic N) is 2. The van der Waals surface area contributed by atoms with Gasteiger partial charge in [-0.2, -0.15) is 0 Å². The molecule has 4 nitrogen and oxygen atoms in total. The number of piperidine rings is 1. The summed E-state index contributed by atoms with van der Waals surface area (Å²) in [4.78, 5) is 2.39. The van der Waals surface area contributed by atoms with Gasteiger partial charge in [-0.05, 0) is 85.9 Å². The first-order chi connectivity index (χ1) is 15.7. The van der Waals surface area contributed by atoms with Crippen molar-refractivity contribution < 1.29 is 18.0 Å². The summed E-state index contributed by atoms with van der Waals surface area (Å²) in [7, 11) is 0. The van der Waals surface area contributed by atoms with Crippen LogP contribution in [0, 0.1) is 11.6 Å². The van der Waals surface area contributed by atoms with E-state index in [1.54, 1.807) is 18.2 Å². The number of aromatic nitrogens is 1. The summed E-state index contributed by atoms with van der Waals surface area (Å²) in [5.74, 6) is 0.721. The fourth-order valence-electron chi connectivity index (χ4n) is 4.37. The number of hydrogen-bond donors (Lipinski definition) is 0. The fraction of sp³-hybridized carbons (Fsp3) is 0.269. The molecule has 0 saturated carbocycles. The van der Waals surface area contributed by atoms with Gasteiger partial charge in [0, 0.05) is 23.6 Å². The van der Waals surface area contributed by atoms with E-state index in [4.69, 9.17) is 9.26 Å². The van der Waals surface area contributed by atoms with Gasteiger partial charge >= 0.3 is 0 Å². The molecule has 0 N–H and O–H groups in total. The maximum atomic E-state index is 13.5. The standard InChI is InChI=1S/C26H24F2N2O2/c27-21-3-1-2-20(16-21)18-10-12-30(13-11-18)14-15-31-23-7-4-19(5-8-23)26-24-9-6-22(28)17-25(24)32-29-26/h1-9,16-18H,10-15H2. The van der Waals surface area contributed by atoms with E-state index in [0.717, 1.165) is 54.7 Å². The third kappa shape index (κ3) is 4.50. The predicted octanol–water partition coefficient (Wildman–Crippen LogP) is 6.03. The SMILES string of the molecule is Fc1cccc(C2CCN(CCOc3ccc(-c4noc5cc(F)ccc45)cc3)CC2)c1. The summed E-state index contributed by atoms with van der Waals surface area (Å²) < 4.78 is 38.0. The Morgan fingerprint density at radius 2 is 1.72 bits per heavy atom. The van der Waals surface area contributed by atoms with Gasteiger partial charge in [-0.25, -0.2) is 8.78 Å². The van der Waals surface area contributed by atoms with Crippen molar-refractivity contribution in [1.82, 2.24) is 10.1 Å². The summed E-state index contributed by atoms with van der Waals surface area (Å²) in [5, 5.41) is 4.86. The van der Waals surface area contributed by atoms with Crippen molar-refractivity contribution in [3.05, 3.63) is 83.9 Å². The van der Waals surface area contributed by atoms with Crippen LogP contribution in [0.3, 0.4) is 0 Å². The Balaban J connectivity index is 1.12. The Hall–Kier alpha value is -3.25. The Morgan fingerprint density at radius 1 is 0.938 bits per heavy atom. The molecular weight excluding hydrogens is 410 g/mol. The molecule has 0 spiro atoms. The number of fused-ring (bicyclic) bond motifs is 1. The van der Waals surface area contributed by atoms with Crippen LogP contribution in [0.4, 0.5) is 8.78 Å². The Labute approximate surface area is 185 Å². The average molecular weight is 434 g/mol. The first kappa shape index (κ1) is 20.6. The van der Waals surface area contributed by atoms with E-state index in [0.29, 0.717) is 23.8 Å². The molecule has 0 aliphatic carbocycles. The molecule has 0 bridgehead atoms. The molecule has 1 aliphatic heterocycles. The molecule has 6 heteroatoms. The number of ether oxygens (including phenoxy) is 1. The van der Waals surface area contributed by atoms with Gasteiger partial charge in [0.1, 0.15) is 29.7 Å². The van der Waals surface area contributed by atoms with Gasteiger partial charge in [0.2, 0.25) is 0 Å². The third-order valence-electron chi connectivity index (χ3n) is 6.15. The van der Waals surface area contributed by atoms with Crippen LogP contribution < -0.4 is 4.74 Å². The van der Waals surface area contributed by atoms with E-state index in [2.05, 4.69) is 10.1 Å². The largest absolute Gasteiger partial charge is 0.492 e. The highest BCUT2D eigenvalue weighted by molar-refractivity contribution is 5.91. The van der Waals surface area contributed by atoms with Gasteiger partial charge in [0.25, 0.3) is 0 Å². The normalized spacial score (nSPS) is 15.3. The fourth-order valence-corrected chi connectivity index (χ4v) is 4.37. The van der Waals surface area contributed by atoms with Crippen molar-refractivity contribution in [1.29, 1.82) is 0 Å². The van der Waals surface area contributed by atoms with Crippen LogP contribution in [0.15, 0.2) is 71.3 Å². The molecule has 1 saturated heterocycles. The second kappa shape index (κ2) is 9.09. The Bertz CT molecular complexity index is 1200. The van der Waals surface area contributed by atoms with E-state index in [9.17, 15) is 8.78 Å². The lowest BCUT2D eigenvalue weighted by Crippen LogP contribution is -2.35. The molecule has 164 valence electrons. The minimum Gasteiger partial charge on any atom is -0.492 e. The quantitative estimate of drug-likeness (QED) is 0.371. The van der Waals surface area contributed by atoms with Crippen molar-refractivity contribution >= 4 is 11.0 Å². The van der Waals surface area contributed by atoms with E-state index >= 15 is 0 Å². The number of likely N-dealkylation sites (tertiary alicyclic amines) is 1. The lowest BCUT2D eigenvalue weighted by Gasteiger charge is -2.32. The monoisotopic (exact) mass is 434 g/mol. The molecule has 1 aliphatic rings. The van der Waals surface area contributed by atoms with Gasteiger partial charge in [0.15, 0.2) is 5.58 Å². The summed E-state index contributed by atoms with van der Waals surface area (Å²) >= 11 is 0. The molecule has 1 aromatic heterocycles. The molecule has 0 amide bonds. The first-order valence-corrected chi connectivity index (χ1v) is 10.9. The molecule has 32 heavy (non-hydrogen) atoms. The van der Waals surface area contributed by atoms with Crippen LogP contribution >= 0.6 is 0 Å². The maximum absolute atomic E-state index is 13.5. The van der Waals surface area contributed by atoms with E-state index in [1.165, 1.54) is 18.2 Å². The third-order valence-corrected chi connectivity index (χ3v) is 6.15. The Morgan fingerprint density at radius 3 is 2.50 bits per heavy atom. The van der Waals surface area contributed by atoms with Crippen molar-refractivity contribution in [3.63, 3.8) is 0 Å². The molecule has 1 fully saturated rings. The lowest BCUT2D eigenvalue weighted by atomic mass is 9.89. The topological polar surface area (TPSA) is 38.5 Å². The van der Waals surface area contributed by atoms with Crippen molar-refractivity contribution in [2.75, 3.05) is 26.2 Å². The molecule has 4 aromatic rings. The number of rotatable bonds is 6. The van der Waals surface area contributed by atoms with Crippen LogP contribution in [-0.4, -0.2) is 36.3 Å². The average Bonchev–Trinajstić information content (AvgIpc) is 3.23. The van der Waals surface area contributed by atoms with Gasteiger partial charge in [-0.15, -0.1) is 0 Å². The summed E-state index contributed by atoms with van der Waals surface area (Å²) in [6, 6.07) is 19.1.